The number of aromatic nitrogens is 2. The minimum Gasteiger partial charge on any atom is -0.336 e. The van der Waals surface area contributed by atoms with Crippen LogP contribution in [0.2, 0.25) is 0 Å². The summed E-state index contributed by atoms with van der Waals surface area (Å²) in [7, 11) is -4.26. The van der Waals surface area contributed by atoms with E-state index in [1.807, 2.05) is 0 Å². The molecule has 224 valence electrons. The van der Waals surface area contributed by atoms with Crippen molar-refractivity contribution < 1.29 is 31.2 Å². The molecule has 0 saturated carbocycles. The van der Waals surface area contributed by atoms with Crippen molar-refractivity contribution in [2.45, 2.75) is 57.4 Å². The Balaban J connectivity index is 1.53. The van der Waals surface area contributed by atoms with E-state index >= 15 is 0 Å². The molecule has 3 aromatic rings. The van der Waals surface area contributed by atoms with E-state index in [2.05, 4.69) is 25.3 Å². The number of rotatable bonds is 8. The molecule has 0 aliphatic carbocycles. The standard InChI is InChI=1S/C26H28F3N7O4S2/c1-13(2)34-42(39,40)18-11-16(10-17-12-36(23(37)21(17)18)15(4)26(27,28)29)22-14(3)31-24(41-22)33-19-6-5-7-20(32-19)35-9-8-30-25(35)38/h5-7,10-11,13,15,34H,8-9,12H2,1-4H3,(H,30,38)(H,31,32,33). The lowest BCUT2D eigenvalue weighted by atomic mass is 10.0. The van der Waals surface area contributed by atoms with E-state index in [0.29, 0.717) is 50.9 Å². The Hall–Kier alpha value is -3.76. The average molecular weight is 624 g/mol. The van der Waals surface area contributed by atoms with Gasteiger partial charge in [0.25, 0.3) is 5.91 Å². The van der Waals surface area contributed by atoms with Crippen molar-refractivity contribution in [2.24, 2.45) is 0 Å². The molecule has 0 bridgehead atoms. The van der Waals surface area contributed by atoms with Crippen LogP contribution in [0.5, 0.6) is 0 Å². The summed E-state index contributed by atoms with van der Waals surface area (Å²) in [6.45, 7) is 6.39. The van der Waals surface area contributed by atoms with Crippen LogP contribution in [-0.2, 0) is 16.6 Å². The first kappa shape index (κ1) is 29.7. The van der Waals surface area contributed by atoms with Crippen LogP contribution in [0.3, 0.4) is 0 Å². The van der Waals surface area contributed by atoms with Gasteiger partial charge in [-0.3, -0.25) is 9.69 Å². The molecule has 2 aliphatic rings. The molecular weight excluding hydrogens is 595 g/mol. The van der Waals surface area contributed by atoms with Gasteiger partial charge < -0.3 is 15.5 Å². The van der Waals surface area contributed by atoms with E-state index in [1.54, 1.807) is 45.0 Å². The largest absolute Gasteiger partial charge is 0.408 e. The number of carbonyl (C=O) groups excluding carboxylic acids is 2. The van der Waals surface area contributed by atoms with E-state index in [-0.39, 0.29) is 22.1 Å². The smallest absolute Gasteiger partial charge is 0.336 e. The number of nitrogens with one attached hydrogen (secondary N) is 3. The fourth-order valence-corrected chi connectivity index (χ4v) is 7.28. The number of thiazole rings is 1. The van der Waals surface area contributed by atoms with E-state index in [0.717, 1.165) is 6.92 Å². The minimum absolute atomic E-state index is 0.179. The van der Waals surface area contributed by atoms with Crippen molar-refractivity contribution >= 4 is 50.1 Å². The molecule has 1 unspecified atom stereocenters. The fourth-order valence-electron chi connectivity index (χ4n) is 4.81. The minimum atomic E-state index is -4.69. The molecule has 1 aromatic carbocycles. The summed E-state index contributed by atoms with van der Waals surface area (Å²) >= 11 is 1.19. The lowest BCUT2D eigenvalue weighted by molar-refractivity contribution is -0.172. The Morgan fingerprint density at radius 2 is 1.86 bits per heavy atom. The van der Waals surface area contributed by atoms with Gasteiger partial charge in [0.2, 0.25) is 10.0 Å². The molecule has 11 nitrogen and oxygen atoms in total. The van der Waals surface area contributed by atoms with Crippen LogP contribution in [0, 0.1) is 6.92 Å². The van der Waals surface area contributed by atoms with Gasteiger partial charge in [0.15, 0.2) is 5.13 Å². The van der Waals surface area contributed by atoms with E-state index < -0.39 is 40.7 Å². The summed E-state index contributed by atoms with van der Waals surface area (Å²) in [6, 6.07) is 5.12. The van der Waals surface area contributed by atoms with Crippen LogP contribution in [-0.4, -0.2) is 66.6 Å². The number of pyridine rings is 1. The highest BCUT2D eigenvalue weighted by Gasteiger charge is 2.46. The normalized spacial score (nSPS) is 16.3. The van der Waals surface area contributed by atoms with Gasteiger partial charge in [0.1, 0.15) is 17.7 Å². The first-order chi connectivity index (χ1) is 19.7. The number of benzene rings is 1. The maximum Gasteiger partial charge on any atom is 0.408 e. The number of sulfonamides is 1. The highest BCUT2D eigenvalue weighted by Crippen LogP contribution is 2.41. The quantitative estimate of drug-likeness (QED) is 0.339. The SMILES string of the molecule is Cc1nc(Nc2cccc(N3CCNC3=O)n2)sc1-c1cc2c(c(S(=O)(=O)NC(C)C)c1)C(=O)N(C(C)C(F)(F)F)C2. The van der Waals surface area contributed by atoms with Crippen LogP contribution in [0.15, 0.2) is 35.2 Å². The van der Waals surface area contributed by atoms with Crippen molar-refractivity contribution in [3.8, 4) is 10.4 Å². The van der Waals surface area contributed by atoms with Crippen molar-refractivity contribution in [1.29, 1.82) is 0 Å². The van der Waals surface area contributed by atoms with Crippen molar-refractivity contribution in [2.75, 3.05) is 23.3 Å². The molecule has 0 spiro atoms. The topological polar surface area (TPSA) is 137 Å². The van der Waals surface area contributed by atoms with E-state index in [9.17, 15) is 31.2 Å². The molecule has 3 N–H and O–H groups in total. The van der Waals surface area contributed by atoms with Crippen LogP contribution in [0.25, 0.3) is 10.4 Å². The number of amides is 3. The first-order valence-electron chi connectivity index (χ1n) is 13.0. The lowest BCUT2D eigenvalue weighted by Gasteiger charge is -2.26. The van der Waals surface area contributed by atoms with Gasteiger partial charge >= 0.3 is 12.2 Å². The Bertz CT molecular complexity index is 1670. The second-order valence-corrected chi connectivity index (χ2v) is 12.9. The lowest BCUT2D eigenvalue weighted by Crippen LogP contribution is -2.43. The highest BCUT2D eigenvalue weighted by atomic mass is 32.2. The van der Waals surface area contributed by atoms with Crippen molar-refractivity contribution in [1.82, 2.24) is 24.9 Å². The predicted octanol–water partition coefficient (Wildman–Crippen LogP) is 4.38. The summed E-state index contributed by atoms with van der Waals surface area (Å²) in [5, 5.41) is 6.24. The molecule has 2 aromatic heterocycles. The van der Waals surface area contributed by atoms with Crippen LogP contribution in [0.4, 0.5) is 34.7 Å². The fraction of sp³-hybridized carbons (Fsp3) is 0.385. The van der Waals surface area contributed by atoms with Crippen molar-refractivity contribution in [3.05, 3.63) is 47.2 Å². The molecule has 2 aliphatic heterocycles. The molecule has 42 heavy (non-hydrogen) atoms. The zero-order valence-electron chi connectivity index (χ0n) is 23.0. The Labute approximate surface area is 244 Å². The summed E-state index contributed by atoms with van der Waals surface area (Å²) in [5.41, 5.74) is 0.835. The number of anilines is 3. The second-order valence-electron chi connectivity index (χ2n) is 10.3. The number of urea groups is 1. The number of alkyl halides is 3. The third-order valence-corrected chi connectivity index (χ3v) is 9.59. The molecule has 1 fully saturated rings. The summed E-state index contributed by atoms with van der Waals surface area (Å²) in [6.07, 6.45) is -4.69. The van der Waals surface area contributed by atoms with Gasteiger partial charge in [-0.1, -0.05) is 17.4 Å². The number of nitrogens with zero attached hydrogens (tertiary/aromatic N) is 4. The Morgan fingerprint density at radius 1 is 1.12 bits per heavy atom. The molecular formula is C26H28F3N7O4S2. The first-order valence-corrected chi connectivity index (χ1v) is 15.3. The maximum atomic E-state index is 13.5. The summed E-state index contributed by atoms with van der Waals surface area (Å²) < 4.78 is 69.7. The molecule has 5 rings (SSSR count). The zero-order valence-corrected chi connectivity index (χ0v) is 24.7. The van der Waals surface area contributed by atoms with Crippen LogP contribution in [0.1, 0.15) is 42.4 Å². The van der Waals surface area contributed by atoms with Gasteiger partial charge in [0.05, 0.1) is 21.0 Å². The van der Waals surface area contributed by atoms with Crippen molar-refractivity contribution in [3.63, 3.8) is 0 Å². The van der Waals surface area contributed by atoms with Gasteiger partial charge in [0, 0.05) is 25.7 Å². The molecule has 0 radical (unpaired) electrons. The van der Waals surface area contributed by atoms with E-state index in [4.69, 9.17) is 0 Å². The third kappa shape index (κ3) is 5.65. The van der Waals surface area contributed by atoms with Gasteiger partial charge in [-0.25, -0.2) is 27.9 Å². The number of hydrogen-bond donors (Lipinski definition) is 3. The molecule has 3 amide bonds. The second kappa shape index (κ2) is 10.8. The molecule has 16 heteroatoms. The summed E-state index contributed by atoms with van der Waals surface area (Å²) in [4.78, 5) is 36.5. The van der Waals surface area contributed by atoms with Crippen LogP contribution < -0.4 is 20.3 Å². The van der Waals surface area contributed by atoms with Crippen LogP contribution >= 0.6 is 11.3 Å². The highest BCUT2D eigenvalue weighted by molar-refractivity contribution is 7.89. The third-order valence-electron chi connectivity index (χ3n) is 6.78. The maximum absolute atomic E-state index is 13.5. The number of aryl methyl sites for hydroxylation is 1. The Morgan fingerprint density at radius 3 is 2.50 bits per heavy atom. The number of fused-ring (bicyclic) bond motifs is 1. The number of halogens is 3. The summed E-state index contributed by atoms with van der Waals surface area (Å²) in [5.74, 6) is -0.114. The molecule has 1 atom stereocenters. The predicted molar refractivity (Wildman–Crippen MR) is 151 cm³/mol. The monoisotopic (exact) mass is 623 g/mol. The molecule has 4 heterocycles. The zero-order chi connectivity index (χ0) is 30.6. The van der Waals surface area contributed by atoms with Gasteiger partial charge in [-0.2, -0.15) is 13.2 Å². The Kier molecular flexibility index (Phi) is 7.66. The van der Waals surface area contributed by atoms with Gasteiger partial charge in [-0.15, -0.1) is 0 Å². The number of carbonyl (C=O) groups is 2. The molecule has 1 saturated heterocycles. The number of hydrogen-bond acceptors (Lipinski definition) is 8. The van der Waals surface area contributed by atoms with E-state index in [1.165, 1.54) is 22.3 Å². The van der Waals surface area contributed by atoms with Gasteiger partial charge in [-0.05, 0) is 63.1 Å². The average Bonchev–Trinajstić information content (AvgIpc) is 3.58.